The predicted octanol–water partition coefficient (Wildman–Crippen LogP) is 4.93. The molecule has 0 radical (unpaired) electrons. The second-order valence-corrected chi connectivity index (χ2v) is 5.27. The molecule has 0 spiro atoms. The maximum atomic E-state index is 5.43. The SMILES string of the molecule is COc1ccc2cc(C(Br)c3ccco3)ccc2c1. The van der Waals surface area contributed by atoms with Crippen molar-refractivity contribution in [2.45, 2.75) is 4.83 Å². The molecule has 0 aliphatic rings. The van der Waals surface area contributed by atoms with Crippen LogP contribution >= 0.6 is 15.9 Å². The Hall–Kier alpha value is -1.74. The van der Waals surface area contributed by atoms with Crippen LogP contribution in [-0.4, -0.2) is 7.11 Å². The molecule has 0 bridgehead atoms. The lowest BCUT2D eigenvalue weighted by molar-refractivity contribution is 0.415. The fourth-order valence-corrected chi connectivity index (χ4v) is 2.67. The summed E-state index contributed by atoms with van der Waals surface area (Å²) in [5, 5.41) is 2.36. The number of hydrogen-bond acceptors (Lipinski definition) is 2. The molecular weight excluding hydrogens is 304 g/mol. The van der Waals surface area contributed by atoms with Crippen molar-refractivity contribution in [3.05, 3.63) is 66.1 Å². The minimum Gasteiger partial charge on any atom is -0.497 e. The normalized spacial score (nSPS) is 12.5. The summed E-state index contributed by atoms with van der Waals surface area (Å²) < 4.78 is 10.7. The third-order valence-electron chi connectivity index (χ3n) is 3.16. The summed E-state index contributed by atoms with van der Waals surface area (Å²) in [5.41, 5.74) is 1.17. The molecule has 0 aliphatic heterocycles. The quantitative estimate of drug-likeness (QED) is 0.639. The standard InChI is InChI=1S/C16H13BrO2/c1-18-14-7-6-11-9-13(5-4-12(11)10-14)16(17)15-3-2-8-19-15/h2-10,16H,1H3. The fraction of sp³-hybridized carbons (Fsp3) is 0.125. The van der Waals surface area contributed by atoms with Gasteiger partial charge in [0.2, 0.25) is 0 Å². The van der Waals surface area contributed by atoms with Crippen LogP contribution < -0.4 is 4.74 Å². The Morgan fingerprint density at radius 3 is 2.58 bits per heavy atom. The van der Waals surface area contributed by atoms with Crippen LogP contribution in [-0.2, 0) is 0 Å². The molecule has 1 unspecified atom stereocenters. The number of alkyl halides is 1. The zero-order chi connectivity index (χ0) is 13.2. The van der Waals surface area contributed by atoms with Gasteiger partial charge in [0.25, 0.3) is 0 Å². The summed E-state index contributed by atoms with van der Waals surface area (Å²) in [6.45, 7) is 0. The first-order valence-electron chi connectivity index (χ1n) is 6.03. The van der Waals surface area contributed by atoms with E-state index >= 15 is 0 Å². The van der Waals surface area contributed by atoms with Crippen LogP contribution in [0.2, 0.25) is 0 Å². The van der Waals surface area contributed by atoms with E-state index in [0.717, 1.165) is 11.5 Å². The fourth-order valence-electron chi connectivity index (χ4n) is 2.13. The largest absolute Gasteiger partial charge is 0.497 e. The number of benzene rings is 2. The second-order valence-electron chi connectivity index (χ2n) is 4.35. The van der Waals surface area contributed by atoms with Gasteiger partial charge in [-0.3, -0.25) is 0 Å². The molecule has 19 heavy (non-hydrogen) atoms. The summed E-state index contributed by atoms with van der Waals surface area (Å²) in [6, 6.07) is 16.3. The first kappa shape index (κ1) is 12.3. The summed E-state index contributed by atoms with van der Waals surface area (Å²) in [4.78, 5) is 0.0778. The third-order valence-corrected chi connectivity index (χ3v) is 4.14. The Labute approximate surface area is 120 Å². The molecule has 0 saturated carbocycles. The van der Waals surface area contributed by atoms with Crippen molar-refractivity contribution >= 4 is 26.7 Å². The average molecular weight is 317 g/mol. The molecule has 0 N–H and O–H groups in total. The van der Waals surface area contributed by atoms with Gasteiger partial charge in [-0.1, -0.05) is 34.1 Å². The van der Waals surface area contributed by atoms with E-state index in [1.54, 1.807) is 13.4 Å². The number of methoxy groups -OCH3 is 1. The molecule has 1 atom stereocenters. The molecule has 3 heteroatoms. The van der Waals surface area contributed by atoms with Crippen molar-refractivity contribution in [2.24, 2.45) is 0 Å². The van der Waals surface area contributed by atoms with Crippen molar-refractivity contribution in [2.75, 3.05) is 7.11 Å². The lowest BCUT2D eigenvalue weighted by Gasteiger charge is -2.09. The number of furan rings is 1. The molecule has 0 fully saturated rings. The van der Waals surface area contributed by atoms with Gasteiger partial charge in [0, 0.05) is 0 Å². The lowest BCUT2D eigenvalue weighted by Crippen LogP contribution is -1.90. The van der Waals surface area contributed by atoms with Crippen molar-refractivity contribution in [1.82, 2.24) is 0 Å². The topological polar surface area (TPSA) is 22.4 Å². The van der Waals surface area contributed by atoms with Gasteiger partial charge in [-0.2, -0.15) is 0 Å². The summed E-state index contributed by atoms with van der Waals surface area (Å²) in [7, 11) is 1.68. The molecule has 0 aliphatic carbocycles. The molecular formula is C16H13BrO2. The van der Waals surface area contributed by atoms with E-state index in [0.29, 0.717) is 0 Å². The van der Waals surface area contributed by atoms with Crippen LogP contribution in [0.25, 0.3) is 10.8 Å². The van der Waals surface area contributed by atoms with Gasteiger partial charge in [0.05, 0.1) is 18.2 Å². The number of rotatable bonds is 3. The molecule has 3 rings (SSSR count). The van der Waals surface area contributed by atoms with Gasteiger partial charge in [-0.15, -0.1) is 0 Å². The number of hydrogen-bond donors (Lipinski definition) is 0. The highest BCUT2D eigenvalue weighted by atomic mass is 79.9. The van der Waals surface area contributed by atoms with Gasteiger partial charge in [-0.05, 0) is 46.7 Å². The minimum absolute atomic E-state index is 0.0778. The highest BCUT2D eigenvalue weighted by Gasteiger charge is 2.13. The van der Waals surface area contributed by atoms with Gasteiger partial charge in [-0.25, -0.2) is 0 Å². The Bertz CT molecular complexity index is 689. The average Bonchev–Trinajstić information content (AvgIpc) is 2.99. The summed E-state index contributed by atoms with van der Waals surface area (Å²) >= 11 is 3.67. The molecule has 1 heterocycles. The van der Waals surface area contributed by atoms with Crippen LogP contribution in [0.5, 0.6) is 5.75 Å². The monoisotopic (exact) mass is 316 g/mol. The van der Waals surface area contributed by atoms with Crippen molar-refractivity contribution in [3.63, 3.8) is 0 Å². The number of ether oxygens (including phenoxy) is 1. The third kappa shape index (κ3) is 2.38. The molecule has 96 valence electrons. The maximum Gasteiger partial charge on any atom is 0.121 e. The first-order chi connectivity index (χ1) is 9.28. The van der Waals surface area contributed by atoms with E-state index in [-0.39, 0.29) is 4.83 Å². The Kier molecular flexibility index (Phi) is 3.30. The zero-order valence-corrected chi connectivity index (χ0v) is 12.1. The Morgan fingerprint density at radius 1 is 1.05 bits per heavy atom. The van der Waals surface area contributed by atoms with E-state index in [4.69, 9.17) is 9.15 Å². The van der Waals surface area contributed by atoms with Gasteiger partial charge < -0.3 is 9.15 Å². The van der Waals surface area contributed by atoms with E-state index in [2.05, 4.69) is 40.2 Å². The highest BCUT2D eigenvalue weighted by molar-refractivity contribution is 9.09. The van der Waals surface area contributed by atoms with Gasteiger partial charge in [0.15, 0.2) is 0 Å². The van der Waals surface area contributed by atoms with Gasteiger partial charge in [0.1, 0.15) is 11.5 Å². The van der Waals surface area contributed by atoms with E-state index in [1.807, 2.05) is 24.3 Å². The minimum atomic E-state index is 0.0778. The molecule has 0 saturated heterocycles. The number of halogens is 1. The van der Waals surface area contributed by atoms with Crippen LogP contribution in [0.3, 0.4) is 0 Å². The van der Waals surface area contributed by atoms with Crippen molar-refractivity contribution < 1.29 is 9.15 Å². The summed E-state index contributed by atoms with van der Waals surface area (Å²) in [5.74, 6) is 1.79. The van der Waals surface area contributed by atoms with E-state index < -0.39 is 0 Å². The van der Waals surface area contributed by atoms with Crippen LogP contribution in [0.15, 0.2) is 59.2 Å². The van der Waals surface area contributed by atoms with Crippen LogP contribution in [0.4, 0.5) is 0 Å². The smallest absolute Gasteiger partial charge is 0.121 e. The zero-order valence-electron chi connectivity index (χ0n) is 10.5. The maximum absolute atomic E-state index is 5.43. The highest BCUT2D eigenvalue weighted by Crippen LogP contribution is 2.33. The molecule has 2 nitrogen and oxygen atoms in total. The molecule has 3 aromatic rings. The van der Waals surface area contributed by atoms with Gasteiger partial charge >= 0.3 is 0 Å². The second kappa shape index (κ2) is 5.10. The van der Waals surface area contributed by atoms with Crippen LogP contribution in [0.1, 0.15) is 16.2 Å². The lowest BCUT2D eigenvalue weighted by atomic mass is 10.0. The summed E-state index contributed by atoms with van der Waals surface area (Å²) in [6.07, 6.45) is 1.69. The first-order valence-corrected chi connectivity index (χ1v) is 6.94. The molecule has 1 aromatic heterocycles. The molecule has 0 amide bonds. The van der Waals surface area contributed by atoms with E-state index in [9.17, 15) is 0 Å². The van der Waals surface area contributed by atoms with Crippen LogP contribution in [0, 0.1) is 0 Å². The molecule has 2 aromatic carbocycles. The van der Waals surface area contributed by atoms with E-state index in [1.165, 1.54) is 16.3 Å². The Morgan fingerprint density at radius 2 is 1.84 bits per heavy atom. The predicted molar refractivity (Wildman–Crippen MR) is 80.0 cm³/mol. The number of fused-ring (bicyclic) bond motifs is 1. The Balaban J connectivity index is 2.02. The van der Waals surface area contributed by atoms with Crippen molar-refractivity contribution in [1.29, 1.82) is 0 Å². The van der Waals surface area contributed by atoms with Crippen molar-refractivity contribution in [3.8, 4) is 5.75 Å².